The van der Waals surface area contributed by atoms with Crippen LogP contribution in [0.1, 0.15) is 0 Å². The Bertz CT molecular complexity index is 339. The minimum absolute atomic E-state index is 0.690. The van der Waals surface area contributed by atoms with Crippen molar-refractivity contribution in [2.45, 2.75) is 13.1 Å². The fraction of sp³-hybridized carbons (Fsp3) is 0.455. The van der Waals surface area contributed by atoms with Gasteiger partial charge in [-0.15, -0.1) is 11.6 Å². The third-order valence-electron chi connectivity index (χ3n) is 2.47. The van der Waals surface area contributed by atoms with E-state index in [1.54, 1.807) is 14.2 Å². The molecular weight excluding hydrogens is 228 g/mol. The summed E-state index contributed by atoms with van der Waals surface area (Å²) in [6.45, 7) is 4.45. The highest BCUT2D eigenvalue weighted by Crippen LogP contribution is 2.21. The number of ether oxygens (including phenoxy) is 2. The quantitative estimate of drug-likeness (QED) is 0.598. The smallest absolute Gasteiger partial charge is 0.122 e. The van der Waals surface area contributed by atoms with Crippen molar-refractivity contribution in [3.8, 4) is 11.5 Å². The highest BCUT2D eigenvalue weighted by molar-refractivity contribution is 6.94. The summed E-state index contributed by atoms with van der Waals surface area (Å²) in [4.78, 5) is 0. The van der Waals surface area contributed by atoms with Crippen LogP contribution in [0.3, 0.4) is 0 Å². The van der Waals surface area contributed by atoms with E-state index >= 15 is 0 Å². The molecule has 0 unspecified atom stereocenters. The molecule has 1 aromatic rings. The molecule has 1 aromatic carbocycles. The number of methoxy groups -OCH3 is 2. The molecule has 0 atom stereocenters. The average molecular weight is 245 g/mol. The van der Waals surface area contributed by atoms with Gasteiger partial charge in [-0.2, -0.15) is 0 Å². The molecule has 0 amide bonds. The summed E-state index contributed by atoms with van der Waals surface area (Å²) in [5.41, 5.74) is 0.690. The van der Waals surface area contributed by atoms with Crippen molar-refractivity contribution in [2.24, 2.45) is 0 Å². The van der Waals surface area contributed by atoms with Gasteiger partial charge in [-0.1, -0.05) is 19.2 Å². The van der Waals surface area contributed by atoms with Gasteiger partial charge in [0.05, 0.1) is 14.2 Å². The van der Waals surface area contributed by atoms with Gasteiger partial charge < -0.3 is 9.47 Å². The molecule has 0 N–H and O–H groups in total. The predicted molar refractivity (Wildman–Crippen MR) is 67.4 cm³/mol. The van der Waals surface area contributed by atoms with Crippen LogP contribution in [0.25, 0.3) is 0 Å². The maximum atomic E-state index is 6.01. The van der Waals surface area contributed by atoms with Crippen LogP contribution in [-0.2, 0) is 0 Å². The van der Waals surface area contributed by atoms with Crippen LogP contribution >= 0.6 is 11.6 Å². The van der Waals surface area contributed by atoms with Crippen molar-refractivity contribution in [2.75, 3.05) is 19.7 Å². The van der Waals surface area contributed by atoms with E-state index in [-0.39, 0.29) is 0 Å². The average Bonchev–Trinajstić information content (AvgIpc) is 2.28. The monoisotopic (exact) mass is 244 g/mol. The van der Waals surface area contributed by atoms with Crippen molar-refractivity contribution in [1.29, 1.82) is 0 Å². The molecule has 1 rings (SSSR count). The lowest BCUT2D eigenvalue weighted by Crippen LogP contribution is -2.44. The van der Waals surface area contributed by atoms with E-state index in [2.05, 4.69) is 19.2 Å². The van der Waals surface area contributed by atoms with E-state index in [0.717, 1.165) is 11.5 Å². The van der Waals surface area contributed by atoms with Crippen LogP contribution in [0.15, 0.2) is 18.2 Å². The van der Waals surface area contributed by atoms with Crippen LogP contribution in [0.5, 0.6) is 11.5 Å². The first kappa shape index (κ1) is 12.4. The van der Waals surface area contributed by atoms with Gasteiger partial charge in [-0.05, 0) is 11.3 Å². The zero-order valence-corrected chi connectivity index (χ0v) is 11.4. The second-order valence-corrected chi connectivity index (χ2v) is 9.46. The number of halogens is 1. The molecule has 0 aliphatic carbocycles. The Morgan fingerprint density at radius 2 is 1.87 bits per heavy atom. The first-order valence-corrected chi connectivity index (χ1v) is 8.58. The molecule has 4 heteroatoms. The summed E-state index contributed by atoms with van der Waals surface area (Å²) in [5.74, 6) is 1.70. The topological polar surface area (TPSA) is 18.5 Å². The largest absolute Gasteiger partial charge is 0.497 e. The van der Waals surface area contributed by atoms with Gasteiger partial charge in [-0.3, -0.25) is 0 Å². The second-order valence-electron chi connectivity index (χ2n) is 4.08. The summed E-state index contributed by atoms with van der Waals surface area (Å²) < 4.78 is 10.5. The first-order chi connectivity index (χ1) is 7.05. The first-order valence-electron chi connectivity index (χ1n) is 4.83. The molecule has 15 heavy (non-hydrogen) atoms. The van der Waals surface area contributed by atoms with E-state index in [4.69, 9.17) is 21.1 Å². The summed E-state index contributed by atoms with van der Waals surface area (Å²) in [5, 5.41) is 1.24. The molecule has 0 bridgehead atoms. The van der Waals surface area contributed by atoms with Gasteiger partial charge in [0.1, 0.15) is 19.6 Å². The zero-order chi connectivity index (χ0) is 11.5. The normalized spacial score (nSPS) is 11.3. The van der Waals surface area contributed by atoms with Crippen LogP contribution in [0.2, 0.25) is 13.1 Å². The van der Waals surface area contributed by atoms with Gasteiger partial charge in [-0.25, -0.2) is 0 Å². The molecule has 0 radical (unpaired) electrons. The van der Waals surface area contributed by atoms with Crippen molar-refractivity contribution < 1.29 is 9.47 Å². The highest BCUT2D eigenvalue weighted by Gasteiger charge is 2.26. The number of rotatable bonds is 4. The second kappa shape index (κ2) is 4.90. The molecule has 0 fully saturated rings. The van der Waals surface area contributed by atoms with Crippen LogP contribution in [0.4, 0.5) is 0 Å². The molecule has 0 heterocycles. The maximum absolute atomic E-state index is 6.01. The Hall–Kier alpha value is -0.673. The van der Waals surface area contributed by atoms with E-state index in [9.17, 15) is 0 Å². The summed E-state index contributed by atoms with van der Waals surface area (Å²) >= 11 is 6.01. The van der Waals surface area contributed by atoms with Crippen molar-refractivity contribution in [3.05, 3.63) is 18.2 Å². The molecule has 0 spiro atoms. The Kier molecular flexibility index (Phi) is 4.05. The fourth-order valence-corrected chi connectivity index (χ4v) is 3.38. The van der Waals surface area contributed by atoms with Crippen LogP contribution in [0, 0.1) is 0 Å². The molecule has 0 saturated heterocycles. The molecule has 0 aromatic heterocycles. The van der Waals surface area contributed by atoms with Gasteiger partial charge in [0.15, 0.2) is 0 Å². The molecule has 2 nitrogen and oxygen atoms in total. The Balaban J connectivity index is 3.18. The Morgan fingerprint density at radius 1 is 1.20 bits per heavy atom. The lowest BCUT2D eigenvalue weighted by Gasteiger charge is -2.22. The van der Waals surface area contributed by atoms with E-state index in [1.165, 1.54) is 5.19 Å². The zero-order valence-electron chi connectivity index (χ0n) is 9.63. The predicted octanol–water partition coefficient (Wildman–Crippen LogP) is 2.40. The SMILES string of the molecule is COc1ccc([Si](C)(C)CCl)c(OC)c1. The van der Waals surface area contributed by atoms with Crippen molar-refractivity contribution >= 4 is 24.9 Å². The summed E-state index contributed by atoms with van der Waals surface area (Å²) in [6.07, 6.45) is 0. The minimum atomic E-state index is -1.57. The molecule has 0 saturated carbocycles. The van der Waals surface area contributed by atoms with Crippen LogP contribution in [-0.4, -0.2) is 27.8 Å². The van der Waals surface area contributed by atoms with Gasteiger partial charge >= 0.3 is 0 Å². The summed E-state index contributed by atoms with van der Waals surface area (Å²) in [6, 6.07) is 5.93. The number of hydrogen-bond donors (Lipinski definition) is 0. The van der Waals surface area contributed by atoms with Crippen molar-refractivity contribution in [1.82, 2.24) is 0 Å². The molecule has 84 valence electrons. The Morgan fingerprint density at radius 3 is 2.33 bits per heavy atom. The maximum Gasteiger partial charge on any atom is 0.122 e. The highest BCUT2D eigenvalue weighted by atomic mass is 35.5. The van der Waals surface area contributed by atoms with Gasteiger partial charge in [0, 0.05) is 11.6 Å². The third-order valence-corrected chi connectivity index (χ3v) is 7.02. The lowest BCUT2D eigenvalue weighted by atomic mass is 10.3. The lowest BCUT2D eigenvalue weighted by molar-refractivity contribution is 0.396. The number of hydrogen-bond acceptors (Lipinski definition) is 2. The molecule has 0 aliphatic heterocycles. The fourth-order valence-electron chi connectivity index (χ4n) is 1.43. The van der Waals surface area contributed by atoms with E-state index in [1.807, 2.05) is 12.1 Å². The third kappa shape index (κ3) is 2.67. The Labute approximate surface area is 97.2 Å². The minimum Gasteiger partial charge on any atom is -0.497 e. The van der Waals surface area contributed by atoms with Gasteiger partial charge in [0.25, 0.3) is 0 Å². The standard InChI is InChI=1S/C11H17ClO2Si/c1-13-9-5-6-11(10(7-9)14-2)15(3,4)8-12/h5-7H,8H2,1-4H3. The number of alkyl halides is 1. The van der Waals surface area contributed by atoms with Gasteiger partial charge in [0.2, 0.25) is 0 Å². The summed E-state index contributed by atoms with van der Waals surface area (Å²) in [7, 11) is 1.76. The molecular formula is C11H17ClO2Si. The van der Waals surface area contributed by atoms with Crippen LogP contribution < -0.4 is 14.7 Å². The van der Waals surface area contributed by atoms with E-state index in [0.29, 0.717) is 5.50 Å². The van der Waals surface area contributed by atoms with E-state index < -0.39 is 8.07 Å². The molecule has 0 aliphatic rings. The number of benzene rings is 1. The van der Waals surface area contributed by atoms with Crippen molar-refractivity contribution in [3.63, 3.8) is 0 Å².